The number of hydrogen-bond acceptors (Lipinski definition) is 8. The molecule has 4 rings (SSSR count). The number of fused-ring (bicyclic) bond motifs is 2. The Morgan fingerprint density at radius 2 is 1.74 bits per heavy atom. The van der Waals surface area contributed by atoms with E-state index in [0.717, 1.165) is 0 Å². The first-order valence-corrected chi connectivity index (χ1v) is 11.2. The van der Waals surface area contributed by atoms with Crippen LogP contribution in [0.1, 0.15) is 33.5 Å². The van der Waals surface area contributed by atoms with E-state index in [0.29, 0.717) is 47.0 Å². The minimum absolute atomic E-state index is 0.176. The second kappa shape index (κ2) is 9.32. The monoisotopic (exact) mass is 481 g/mol. The smallest absolute Gasteiger partial charge is 0.408 e. The Morgan fingerprint density at radius 1 is 1.03 bits per heavy atom. The number of ether oxygens (including phenoxy) is 4. The molecule has 0 aliphatic carbocycles. The molecule has 9 heteroatoms. The highest BCUT2D eigenvalue weighted by molar-refractivity contribution is 5.86. The van der Waals surface area contributed by atoms with E-state index in [2.05, 4.69) is 5.32 Å². The predicted octanol–water partition coefficient (Wildman–Crippen LogP) is 4.36. The summed E-state index contributed by atoms with van der Waals surface area (Å²) in [7, 11) is 0. The number of alkyl carbamates (subject to hydrolysis) is 1. The molecule has 184 valence electrons. The minimum Gasteiger partial charge on any atom is -0.486 e. The van der Waals surface area contributed by atoms with Gasteiger partial charge in [-0.05, 0) is 64.4 Å². The summed E-state index contributed by atoms with van der Waals surface area (Å²) >= 11 is 0. The lowest BCUT2D eigenvalue weighted by atomic mass is 10.0. The molecule has 0 unspecified atom stereocenters. The van der Waals surface area contributed by atoms with Crippen molar-refractivity contribution >= 4 is 23.0 Å². The van der Waals surface area contributed by atoms with E-state index in [4.69, 9.17) is 23.4 Å². The Kier molecular flexibility index (Phi) is 6.43. The lowest BCUT2D eigenvalue weighted by Gasteiger charge is -2.21. The Morgan fingerprint density at radius 3 is 2.46 bits per heavy atom. The van der Waals surface area contributed by atoms with Crippen molar-refractivity contribution < 1.29 is 33.0 Å². The number of rotatable bonds is 4. The van der Waals surface area contributed by atoms with Crippen LogP contribution in [0, 0.1) is 6.92 Å². The zero-order valence-corrected chi connectivity index (χ0v) is 20.2. The number of carbonyl (C=O) groups is 2. The summed E-state index contributed by atoms with van der Waals surface area (Å²) in [4.78, 5) is 37.6. The summed E-state index contributed by atoms with van der Waals surface area (Å²) in [5.74, 6) is 1.09. The minimum atomic E-state index is -0.952. The van der Waals surface area contributed by atoms with Crippen LogP contribution in [0.3, 0.4) is 0 Å². The fraction of sp³-hybridized carbons (Fsp3) is 0.346. The lowest BCUT2D eigenvalue weighted by Crippen LogP contribution is -2.43. The van der Waals surface area contributed by atoms with Crippen molar-refractivity contribution in [1.29, 1.82) is 0 Å². The maximum absolute atomic E-state index is 13.3. The van der Waals surface area contributed by atoms with Crippen LogP contribution in [0.2, 0.25) is 0 Å². The quantitative estimate of drug-likeness (QED) is 0.432. The summed E-state index contributed by atoms with van der Waals surface area (Å²) in [5.41, 5.74) is 0.416. The van der Waals surface area contributed by atoms with Crippen molar-refractivity contribution in [3.8, 4) is 28.4 Å². The van der Waals surface area contributed by atoms with Crippen LogP contribution in [0.5, 0.6) is 17.2 Å². The zero-order chi connectivity index (χ0) is 25.3. The van der Waals surface area contributed by atoms with Crippen LogP contribution in [0.25, 0.3) is 22.1 Å². The van der Waals surface area contributed by atoms with Gasteiger partial charge in [-0.3, -0.25) is 4.79 Å². The molecule has 1 N–H and O–H groups in total. The Hall–Kier alpha value is -4.01. The van der Waals surface area contributed by atoms with Crippen LogP contribution < -0.4 is 25.0 Å². The molecular formula is C26H27NO8. The molecule has 2 aromatic carbocycles. The third-order valence-corrected chi connectivity index (χ3v) is 5.18. The van der Waals surface area contributed by atoms with Crippen molar-refractivity contribution in [2.75, 3.05) is 13.2 Å². The number of benzene rings is 2. The topological polar surface area (TPSA) is 113 Å². The molecule has 1 aromatic heterocycles. The number of esters is 1. The Labute approximate surface area is 201 Å². The average Bonchev–Trinajstić information content (AvgIpc) is 2.77. The molecule has 1 amide bonds. The van der Waals surface area contributed by atoms with Gasteiger partial charge in [0.15, 0.2) is 11.5 Å². The summed E-state index contributed by atoms with van der Waals surface area (Å²) in [6.45, 7) is 9.26. The van der Waals surface area contributed by atoms with Gasteiger partial charge in [0.2, 0.25) is 5.43 Å². The second-order valence-electron chi connectivity index (χ2n) is 9.17. The van der Waals surface area contributed by atoms with E-state index in [1.807, 2.05) is 0 Å². The molecular weight excluding hydrogens is 454 g/mol. The van der Waals surface area contributed by atoms with E-state index in [1.165, 1.54) is 25.1 Å². The maximum Gasteiger partial charge on any atom is 0.408 e. The lowest BCUT2D eigenvalue weighted by molar-refractivity contribution is -0.136. The Balaban J connectivity index is 1.56. The SMILES string of the molecule is Cc1oc2cc(OC(=O)[C@@H](C)NC(=O)OC(C)(C)C)ccc2c(=O)c1-c1ccc2c(c1)OCCO2. The molecule has 0 radical (unpaired) electrons. The molecule has 0 saturated heterocycles. The van der Waals surface area contributed by atoms with Gasteiger partial charge >= 0.3 is 12.1 Å². The number of hydrogen-bond donors (Lipinski definition) is 1. The van der Waals surface area contributed by atoms with E-state index in [-0.39, 0.29) is 16.8 Å². The number of carbonyl (C=O) groups excluding carboxylic acids is 2. The standard InChI is InChI=1S/C26H27NO8/c1-14(27-25(30)35-26(3,4)5)24(29)34-17-7-8-18-20(13-17)33-15(2)22(23(18)28)16-6-9-19-21(12-16)32-11-10-31-19/h6-9,12-14H,10-11H2,1-5H3,(H,27,30)/t14-/m1/s1. The molecule has 0 bridgehead atoms. The van der Waals surface area contributed by atoms with Gasteiger partial charge in [-0.25, -0.2) is 9.59 Å². The number of amides is 1. The van der Waals surface area contributed by atoms with Gasteiger partial charge in [-0.1, -0.05) is 6.07 Å². The first kappa shape index (κ1) is 24.1. The van der Waals surface area contributed by atoms with Crippen molar-refractivity contribution in [2.45, 2.75) is 46.3 Å². The van der Waals surface area contributed by atoms with E-state index in [9.17, 15) is 14.4 Å². The van der Waals surface area contributed by atoms with Crippen LogP contribution in [0.15, 0.2) is 45.6 Å². The zero-order valence-electron chi connectivity index (χ0n) is 20.2. The van der Waals surface area contributed by atoms with Crippen molar-refractivity contribution in [2.24, 2.45) is 0 Å². The summed E-state index contributed by atoms with van der Waals surface area (Å²) in [5, 5.41) is 2.76. The van der Waals surface area contributed by atoms with E-state index >= 15 is 0 Å². The molecule has 1 atom stereocenters. The molecule has 0 fully saturated rings. The highest BCUT2D eigenvalue weighted by Crippen LogP contribution is 2.35. The molecule has 0 spiro atoms. The second-order valence-corrected chi connectivity index (χ2v) is 9.17. The first-order chi connectivity index (χ1) is 16.5. The molecule has 1 aliphatic heterocycles. The van der Waals surface area contributed by atoms with Gasteiger partial charge in [-0.15, -0.1) is 0 Å². The molecule has 2 heterocycles. The van der Waals surface area contributed by atoms with Gasteiger partial charge < -0.3 is 28.7 Å². The van der Waals surface area contributed by atoms with Gasteiger partial charge in [0.05, 0.1) is 10.9 Å². The molecule has 9 nitrogen and oxygen atoms in total. The molecule has 35 heavy (non-hydrogen) atoms. The third-order valence-electron chi connectivity index (χ3n) is 5.18. The number of nitrogens with one attached hydrogen (secondary N) is 1. The number of aryl methyl sites for hydroxylation is 1. The summed E-state index contributed by atoms with van der Waals surface area (Å²) in [6, 6.07) is 8.86. The van der Waals surface area contributed by atoms with Crippen molar-refractivity contribution in [1.82, 2.24) is 5.32 Å². The van der Waals surface area contributed by atoms with E-state index < -0.39 is 23.7 Å². The van der Waals surface area contributed by atoms with Crippen LogP contribution in [0.4, 0.5) is 4.79 Å². The summed E-state index contributed by atoms with van der Waals surface area (Å²) < 4.78 is 27.6. The highest BCUT2D eigenvalue weighted by Gasteiger charge is 2.23. The first-order valence-electron chi connectivity index (χ1n) is 11.2. The van der Waals surface area contributed by atoms with Gasteiger partial charge in [0.25, 0.3) is 0 Å². The molecule has 1 aliphatic rings. The van der Waals surface area contributed by atoms with Gasteiger partial charge in [0, 0.05) is 6.07 Å². The average molecular weight is 482 g/mol. The largest absolute Gasteiger partial charge is 0.486 e. The fourth-order valence-corrected chi connectivity index (χ4v) is 3.63. The fourth-order valence-electron chi connectivity index (χ4n) is 3.63. The molecule has 3 aromatic rings. The normalized spacial score (nSPS) is 13.7. The van der Waals surface area contributed by atoms with Crippen LogP contribution >= 0.6 is 0 Å². The predicted molar refractivity (Wildman–Crippen MR) is 128 cm³/mol. The maximum atomic E-state index is 13.3. The van der Waals surface area contributed by atoms with Crippen molar-refractivity contribution in [3.63, 3.8) is 0 Å². The molecule has 0 saturated carbocycles. The van der Waals surface area contributed by atoms with Crippen LogP contribution in [-0.4, -0.2) is 36.9 Å². The Bertz CT molecular complexity index is 1350. The van der Waals surface area contributed by atoms with Crippen molar-refractivity contribution in [3.05, 3.63) is 52.4 Å². The highest BCUT2D eigenvalue weighted by atomic mass is 16.6. The van der Waals surface area contributed by atoms with Crippen LogP contribution in [-0.2, 0) is 9.53 Å². The summed E-state index contributed by atoms with van der Waals surface area (Å²) in [6.07, 6.45) is -0.728. The van der Waals surface area contributed by atoms with Gasteiger partial charge in [-0.2, -0.15) is 0 Å². The third kappa shape index (κ3) is 5.40. The van der Waals surface area contributed by atoms with E-state index in [1.54, 1.807) is 45.9 Å². The van der Waals surface area contributed by atoms with Gasteiger partial charge in [0.1, 0.15) is 41.9 Å².